The summed E-state index contributed by atoms with van der Waals surface area (Å²) in [5.74, 6) is 1.65. The van der Waals surface area contributed by atoms with Crippen molar-refractivity contribution in [2.75, 3.05) is 32.0 Å². The van der Waals surface area contributed by atoms with Crippen molar-refractivity contribution in [3.8, 4) is 16.9 Å². The van der Waals surface area contributed by atoms with E-state index in [4.69, 9.17) is 20.9 Å². The van der Waals surface area contributed by atoms with E-state index in [1.165, 1.54) is 6.42 Å². The van der Waals surface area contributed by atoms with Crippen LogP contribution in [0.25, 0.3) is 22.2 Å². The molecular formula is C28H36N6O3. The number of fused-ring (bicyclic) bond motifs is 1. The van der Waals surface area contributed by atoms with Crippen LogP contribution in [-0.2, 0) is 9.53 Å². The van der Waals surface area contributed by atoms with Gasteiger partial charge in [-0.1, -0.05) is 12.1 Å². The molecule has 3 aromatic rings. The molecular weight excluding hydrogens is 468 g/mol. The number of primary amides is 1. The number of nitrogens with two attached hydrogens (primary N) is 2. The lowest BCUT2D eigenvalue weighted by molar-refractivity contribution is -0.122. The number of aromatic nitrogens is 3. The Morgan fingerprint density at radius 3 is 2.86 bits per heavy atom. The molecule has 1 saturated carbocycles. The summed E-state index contributed by atoms with van der Waals surface area (Å²) in [6.07, 6.45) is 11.2. The van der Waals surface area contributed by atoms with Crippen LogP contribution in [0.1, 0.15) is 51.0 Å². The van der Waals surface area contributed by atoms with Crippen LogP contribution in [0.15, 0.2) is 36.8 Å². The monoisotopic (exact) mass is 504 g/mol. The van der Waals surface area contributed by atoms with Gasteiger partial charge in [-0.05, 0) is 75.1 Å². The molecule has 1 aliphatic carbocycles. The predicted octanol–water partition coefficient (Wildman–Crippen LogP) is 3.53. The minimum atomic E-state index is -0.195. The maximum absolute atomic E-state index is 11.8. The van der Waals surface area contributed by atoms with E-state index in [0.29, 0.717) is 24.4 Å². The Labute approximate surface area is 217 Å². The fraction of sp³-hybridized carbons (Fsp3) is 0.536. The summed E-state index contributed by atoms with van der Waals surface area (Å²) in [4.78, 5) is 23.0. The molecule has 0 bridgehead atoms. The molecule has 1 aromatic carbocycles. The molecule has 37 heavy (non-hydrogen) atoms. The van der Waals surface area contributed by atoms with E-state index in [1.807, 2.05) is 12.1 Å². The van der Waals surface area contributed by atoms with Gasteiger partial charge in [0.05, 0.1) is 17.5 Å². The highest BCUT2D eigenvalue weighted by atomic mass is 16.5. The zero-order chi connectivity index (χ0) is 25.4. The summed E-state index contributed by atoms with van der Waals surface area (Å²) >= 11 is 0. The molecule has 3 fully saturated rings. The van der Waals surface area contributed by atoms with Gasteiger partial charge in [0, 0.05) is 31.0 Å². The highest BCUT2D eigenvalue weighted by molar-refractivity contribution is 6.00. The standard InChI is InChI=1S/C28H36N6O3/c29-26-25-23(19-5-3-7-21(13-19)37-16-22-6-1-2-10-36-22)15-34(28(25)32-17-31-26)20-11-18(12-20)14-33-9-4-8-24(33)27(30)35/h3,5,7,13,15,17-18,20,22,24H,1-2,4,6,8-12,14,16H2,(H2,30,35)(H2,29,31,32)/t18-,20+,22-,24?/m1/s1. The molecule has 9 heteroatoms. The van der Waals surface area contributed by atoms with Crippen molar-refractivity contribution in [2.45, 2.75) is 63.1 Å². The van der Waals surface area contributed by atoms with E-state index in [-0.39, 0.29) is 18.1 Å². The smallest absolute Gasteiger partial charge is 0.234 e. The summed E-state index contributed by atoms with van der Waals surface area (Å²) in [7, 11) is 0. The van der Waals surface area contributed by atoms with E-state index >= 15 is 0 Å². The van der Waals surface area contributed by atoms with Crippen LogP contribution in [0.3, 0.4) is 0 Å². The molecule has 4 heterocycles. The molecule has 9 nitrogen and oxygen atoms in total. The Balaban J connectivity index is 1.20. The van der Waals surface area contributed by atoms with Crippen molar-refractivity contribution in [1.29, 1.82) is 0 Å². The molecule has 2 saturated heterocycles. The Morgan fingerprint density at radius 2 is 2.05 bits per heavy atom. The minimum absolute atomic E-state index is 0.107. The van der Waals surface area contributed by atoms with Crippen LogP contribution in [0.4, 0.5) is 5.82 Å². The van der Waals surface area contributed by atoms with Crippen LogP contribution in [-0.4, -0.2) is 63.8 Å². The summed E-state index contributed by atoms with van der Waals surface area (Å²) in [5, 5.41) is 0.882. The largest absolute Gasteiger partial charge is 0.491 e. The number of hydrogen-bond acceptors (Lipinski definition) is 7. The van der Waals surface area contributed by atoms with E-state index < -0.39 is 0 Å². The summed E-state index contributed by atoms with van der Waals surface area (Å²) < 4.78 is 14.2. The van der Waals surface area contributed by atoms with Crippen molar-refractivity contribution in [3.63, 3.8) is 0 Å². The zero-order valence-corrected chi connectivity index (χ0v) is 21.2. The molecule has 2 aliphatic heterocycles. The van der Waals surface area contributed by atoms with E-state index in [0.717, 1.165) is 86.1 Å². The Morgan fingerprint density at radius 1 is 1.16 bits per heavy atom. The number of amides is 1. The van der Waals surface area contributed by atoms with Gasteiger partial charge in [0.2, 0.25) is 5.91 Å². The third-order valence-corrected chi connectivity index (χ3v) is 8.28. The van der Waals surface area contributed by atoms with Crippen LogP contribution in [0, 0.1) is 5.92 Å². The first kappa shape index (κ1) is 24.2. The molecule has 3 aliphatic rings. The molecule has 1 unspecified atom stereocenters. The second kappa shape index (κ2) is 10.3. The van der Waals surface area contributed by atoms with E-state index in [2.05, 4.69) is 37.8 Å². The summed E-state index contributed by atoms with van der Waals surface area (Å²) in [6.45, 7) is 3.27. The molecule has 196 valence electrons. The van der Waals surface area contributed by atoms with Crippen LogP contribution in [0.5, 0.6) is 5.75 Å². The van der Waals surface area contributed by atoms with Gasteiger partial charge in [-0.3, -0.25) is 9.69 Å². The average molecular weight is 505 g/mol. The normalized spacial score (nSPS) is 26.3. The number of likely N-dealkylation sites (tertiary alicyclic amines) is 1. The third-order valence-electron chi connectivity index (χ3n) is 8.28. The van der Waals surface area contributed by atoms with E-state index in [1.54, 1.807) is 6.33 Å². The van der Waals surface area contributed by atoms with Crippen molar-refractivity contribution in [1.82, 2.24) is 19.4 Å². The third kappa shape index (κ3) is 4.90. The maximum Gasteiger partial charge on any atom is 0.234 e. The van der Waals surface area contributed by atoms with Gasteiger partial charge in [-0.2, -0.15) is 0 Å². The first-order chi connectivity index (χ1) is 18.1. The second-order valence-corrected chi connectivity index (χ2v) is 10.8. The van der Waals surface area contributed by atoms with Gasteiger partial charge in [-0.15, -0.1) is 0 Å². The van der Waals surface area contributed by atoms with Crippen molar-refractivity contribution in [2.24, 2.45) is 11.7 Å². The quantitative estimate of drug-likeness (QED) is 0.481. The van der Waals surface area contributed by atoms with Gasteiger partial charge in [0.1, 0.15) is 30.1 Å². The molecule has 0 radical (unpaired) electrons. The summed E-state index contributed by atoms with van der Waals surface area (Å²) in [5.41, 5.74) is 14.9. The lowest BCUT2D eigenvalue weighted by atomic mass is 9.79. The Kier molecular flexibility index (Phi) is 6.73. The zero-order valence-electron chi connectivity index (χ0n) is 21.2. The van der Waals surface area contributed by atoms with Crippen LogP contribution < -0.4 is 16.2 Å². The van der Waals surface area contributed by atoms with Crippen LogP contribution in [0.2, 0.25) is 0 Å². The fourth-order valence-electron chi connectivity index (χ4n) is 6.26. The molecule has 6 rings (SSSR count). The van der Waals surface area contributed by atoms with Crippen molar-refractivity contribution in [3.05, 3.63) is 36.8 Å². The number of nitrogen functional groups attached to an aromatic ring is 1. The van der Waals surface area contributed by atoms with Crippen LogP contribution >= 0.6 is 0 Å². The second-order valence-electron chi connectivity index (χ2n) is 10.8. The minimum Gasteiger partial charge on any atom is -0.491 e. The highest BCUT2D eigenvalue weighted by Crippen LogP contribution is 2.44. The highest BCUT2D eigenvalue weighted by Gasteiger charge is 2.37. The van der Waals surface area contributed by atoms with Crippen molar-refractivity contribution < 1.29 is 14.3 Å². The lowest BCUT2D eigenvalue weighted by Crippen LogP contribution is -2.44. The van der Waals surface area contributed by atoms with Gasteiger partial charge in [0.25, 0.3) is 0 Å². The Bertz CT molecular complexity index is 1260. The number of hydrogen-bond donors (Lipinski definition) is 2. The number of anilines is 1. The van der Waals surface area contributed by atoms with Gasteiger partial charge in [0.15, 0.2) is 0 Å². The number of nitrogens with zero attached hydrogens (tertiary/aromatic N) is 4. The lowest BCUT2D eigenvalue weighted by Gasteiger charge is -2.39. The molecule has 2 aromatic heterocycles. The number of benzene rings is 1. The first-order valence-corrected chi connectivity index (χ1v) is 13.6. The first-order valence-electron chi connectivity index (χ1n) is 13.6. The molecule has 4 N–H and O–H groups in total. The number of carbonyl (C=O) groups is 1. The molecule has 0 spiro atoms. The van der Waals surface area contributed by atoms with Gasteiger partial charge < -0.3 is 25.5 Å². The fourth-order valence-corrected chi connectivity index (χ4v) is 6.26. The topological polar surface area (TPSA) is 122 Å². The molecule has 1 amide bonds. The molecule has 2 atom stereocenters. The number of carbonyl (C=O) groups excluding carboxylic acids is 1. The predicted molar refractivity (Wildman–Crippen MR) is 142 cm³/mol. The van der Waals surface area contributed by atoms with E-state index in [9.17, 15) is 4.79 Å². The van der Waals surface area contributed by atoms with Gasteiger partial charge >= 0.3 is 0 Å². The van der Waals surface area contributed by atoms with Crippen molar-refractivity contribution >= 4 is 22.8 Å². The summed E-state index contributed by atoms with van der Waals surface area (Å²) in [6, 6.07) is 8.38. The SMILES string of the molecule is NC(=O)C1CCCN1C[C@H]1C[C@@H](n2cc(-c3cccc(OC[C@H]4CCCCO4)c3)c3c(N)ncnc32)C1. The van der Waals surface area contributed by atoms with Gasteiger partial charge in [-0.25, -0.2) is 9.97 Å². The number of ether oxygens (including phenoxy) is 2. The average Bonchev–Trinajstić information content (AvgIpc) is 3.51. The Hall–Kier alpha value is -3.17. The number of rotatable bonds is 8. The maximum atomic E-state index is 11.8.